The Morgan fingerprint density at radius 3 is 2.47 bits per heavy atom. The first kappa shape index (κ1) is 15.5. The fraction of sp³-hybridized carbons (Fsp3) is 0.400. The number of esters is 1. The van der Waals surface area contributed by atoms with E-state index in [2.05, 4.69) is 30.4 Å². The van der Waals surface area contributed by atoms with E-state index >= 15 is 0 Å². The van der Waals surface area contributed by atoms with Gasteiger partial charge in [0, 0.05) is 17.0 Å². The molecule has 9 heteroatoms. The Labute approximate surface area is 114 Å². The molecule has 0 unspecified atom stereocenters. The van der Waals surface area contributed by atoms with E-state index in [1.165, 1.54) is 7.11 Å². The number of nitrogens with zero attached hydrogens (tertiary/aromatic N) is 1. The third-order valence-corrected chi connectivity index (χ3v) is 2.57. The summed E-state index contributed by atoms with van der Waals surface area (Å²) in [4.78, 5) is 15.2. The topological polar surface area (TPSA) is 57.7 Å². The number of pyridine rings is 1. The van der Waals surface area contributed by atoms with Crippen LogP contribution in [0.1, 0.15) is 16.1 Å². The van der Waals surface area contributed by atoms with Gasteiger partial charge in [0.1, 0.15) is 5.75 Å². The van der Waals surface area contributed by atoms with E-state index in [0.717, 1.165) is 13.2 Å². The van der Waals surface area contributed by atoms with Gasteiger partial charge in [-0.05, 0) is 0 Å². The largest absolute Gasteiger partial charge is 0.573 e. The van der Waals surface area contributed by atoms with E-state index in [0.29, 0.717) is 0 Å². The summed E-state index contributed by atoms with van der Waals surface area (Å²) in [5.74, 6) is -1.65. The average molecular weight is 344 g/mol. The predicted octanol–water partition coefficient (Wildman–Crippen LogP) is 2.67. The van der Waals surface area contributed by atoms with Crippen LogP contribution in [0.15, 0.2) is 6.07 Å². The zero-order chi connectivity index (χ0) is 14.6. The Bertz CT molecular complexity index is 479. The van der Waals surface area contributed by atoms with Crippen molar-refractivity contribution < 1.29 is 32.2 Å². The highest BCUT2D eigenvalue weighted by Gasteiger charge is 2.34. The Kier molecular flexibility index (Phi) is 4.98. The molecular weight excluding hydrogens is 335 g/mol. The molecule has 0 atom stereocenters. The number of aromatic nitrogens is 1. The van der Waals surface area contributed by atoms with Crippen molar-refractivity contribution >= 4 is 21.9 Å². The highest BCUT2D eigenvalue weighted by molar-refractivity contribution is 9.08. The lowest BCUT2D eigenvalue weighted by atomic mass is 10.2. The minimum Gasteiger partial charge on any atom is -0.481 e. The standard InChI is InChI=1S/C10H9BrF3NO4/c1-17-7-3-6(19-10(12,13)14)5(4-11)8(15-7)9(16)18-2/h3H,4H2,1-2H3. The third-order valence-electron chi connectivity index (χ3n) is 2.01. The van der Waals surface area contributed by atoms with Crippen LogP contribution < -0.4 is 9.47 Å². The van der Waals surface area contributed by atoms with Gasteiger partial charge in [0.2, 0.25) is 5.88 Å². The van der Waals surface area contributed by atoms with Crippen molar-refractivity contribution in [3.05, 3.63) is 17.3 Å². The first-order valence-electron chi connectivity index (χ1n) is 4.80. The summed E-state index contributed by atoms with van der Waals surface area (Å²) in [5, 5.41) is -0.0696. The highest BCUT2D eigenvalue weighted by Crippen LogP contribution is 2.32. The van der Waals surface area contributed by atoms with Crippen molar-refractivity contribution in [2.75, 3.05) is 14.2 Å². The minimum atomic E-state index is -4.89. The van der Waals surface area contributed by atoms with Crippen molar-refractivity contribution in [2.45, 2.75) is 11.7 Å². The molecule has 0 N–H and O–H groups in total. The number of halogens is 4. The maximum absolute atomic E-state index is 12.3. The van der Waals surface area contributed by atoms with E-state index in [9.17, 15) is 18.0 Å². The summed E-state index contributed by atoms with van der Waals surface area (Å²) in [6.07, 6.45) is -4.89. The lowest BCUT2D eigenvalue weighted by Gasteiger charge is -2.15. The summed E-state index contributed by atoms with van der Waals surface area (Å²) >= 11 is 2.97. The van der Waals surface area contributed by atoms with Crippen molar-refractivity contribution in [1.29, 1.82) is 0 Å². The third kappa shape index (κ3) is 3.98. The summed E-state index contributed by atoms with van der Waals surface area (Å²) in [7, 11) is 2.29. The molecule has 1 rings (SSSR count). The van der Waals surface area contributed by atoms with Crippen LogP contribution in [-0.2, 0) is 10.1 Å². The van der Waals surface area contributed by atoms with Crippen molar-refractivity contribution in [1.82, 2.24) is 4.98 Å². The number of ether oxygens (including phenoxy) is 3. The molecule has 0 fully saturated rings. The Hall–Kier alpha value is -1.51. The van der Waals surface area contributed by atoms with Gasteiger partial charge in [0.15, 0.2) is 5.69 Å². The summed E-state index contributed by atoms with van der Waals surface area (Å²) in [6.45, 7) is 0. The number of methoxy groups -OCH3 is 2. The van der Waals surface area contributed by atoms with Crippen LogP contribution >= 0.6 is 15.9 Å². The summed E-state index contributed by atoms with van der Waals surface area (Å²) in [6, 6.07) is 0.941. The van der Waals surface area contributed by atoms with Gasteiger partial charge in [-0.1, -0.05) is 15.9 Å². The first-order chi connectivity index (χ1) is 8.82. The molecule has 0 bridgehead atoms. The van der Waals surface area contributed by atoms with E-state index in [4.69, 9.17) is 4.74 Å². The molecule has 19 heavy (non-hydrogen) atoms. The quantitative estimate of drug-likeness (QED) is 0.621. The molecule has 0 aromatic carbocycles. The second kappa shape index (κ2) is 6.09. The van der Waals surface area contributed by atoms with Gasteiger partial charge >= 0.3 is 12.3 Å². The molecule has 0 spiro atoms. The molecule has 0 aliphatic carbocycles. The maximum atomic E-state index is 12.3. The second-order valence-corrected chi connectivity index (χ2v) is 3.72. The average Bonchev–Trinajstić information content (AvgIpc) is 2.34. The fourth-order valence-electron chi connectivity index (χ4n) is 1.24. The van der Waals surface area contributed by atoms with Crippen LogP contribution in [0.25, 0.3) is 0 Å². The monoisotopic (exact) mass is 343 g/mol. The van der Waals surface area contributed by atoms with E-state index in [-0.39, 0.29) is 22.5 Å². The van der Waals surface area contributed by atoms with E-state index in [1.807, 2.05) is 0 Å². The molecule has 0 aliphatic rings. The number of rotatable bonds is 4. The maximum Gasteiger partial charge on any atom is 0.573 e. The Balaban J connectivity index is 3.39. The SMILES string of the molecule is COC(=O)c1nc(OC)cc(OC(F)(F)F)c1CBr. The predicted molar refractivity (Wildman–Crippen MR) is 61.4 cm³/mol. The smallest absolute Gasteiger partial charge is 0.481 e. The number of alkyl halides is 4. The van der Waals surface area contributed by atoms with Crippen molar-refractivity contribution in [2.24, 2.45) is 0 Å². The molecule has 0 radical (unpaired) electrons. The molecule has 1 aromatic heterocycles. The first-order valence-corrected chi connectivity index (χ1v) is 5.92. The minimum absolute atomic E-state index is 0.0696. The van der Waals surface area contributed by atoms with Gasteiger partial charge in [-0.2, -0.15) is 0 Å². The number of carbonyl (C=O) groups excluding carboxylic acids is 1. The Morgan fingerprint density at radius 1 is 1.42 bits per heavy atom. The van der Waals surface area contributed by atoms with Crippen LogP contribution in [0.4, 0.5) is 13.2 Å². The van der Waals surface area contributed by atoms with Crippen LogP contribution in [0.2, 0.25) is 0 Å². The van der Waals surface area contributed by atoms with Crippen LogP contribution in [0.3, 0.4) is 0 Å². The van der Waals surface area contributed by atoms with Gasteiger partial charge in [0.05, 0.1) is 14.2 Å². The van der Waals surface area contributed by atoms with E-state index < -0.39 is 18.1 Å². The summed E-state index contributed by atoms with van der Waals surface area (Å²) < 4.78 is 49.9. The zero-order valence-electron chi connectivity index (χ0n) is 9.88. The molecule has 0 saturated heterocycles. The lowest BCUT2D eigenvalue weighted by Crippen LogP contribution is -2.20. The van der Waals surface area contributed by atoms with Crippen LogP contribution in [-0.4, -0.2) is 31.5 Å². The molecule has 106 valence electrons. The molecule has 1 heterocycles. The van der Waals surface area contributed by atoms with Gasteiger partial charge in [-0.15, -0.1) is 13.2 Å². The number of hydrogen-bond donors (Lipinski definition) is 0. The fourth-order valence-corrected chi connectivity index (χ4v) is 1.78. The molecule has 0 aliphatic heterocycles. The summed E-state index contributed by atoms with van der Waals surface area (Å²) in [5.41, 5.74) is -0.386. The normalized spacial score (nSPS) is 11.1. The van der Waals surface area contributed by atoms with Gasteiger partial charge in [-0.3, -0.25) is 0 Å². The second-order valence-electron chi connectivity index (χ2n) is 3.16. The van der Waals surface area contributed by atoms with Crippen LogP contribution in [0.5, 0.6) is 11.6 Å². The van der Waals surface area contributed by atoms with Gasteiger partial charge < -0.3 is 14.2 Å². The van der Waals surface area contributed by atoms with Gasteiger partial charge in [0.25, 0.3) is 0 Å². The number of hydrogen-bond acceptors (Lipinski definition) is 5. The molecule has 0 amide bonds. The van der Waals surface area contributed by atoms with Crippen molar-refractivity contribution in [3.8, 4) is 11.6 Å². The molecule has 1 aromatic rings. The molecule has 0 saturated carbocycles. The highest BCUT2D eigenvalue weighted by atomic mass is 79.9. The lowest BCUT2D eigenvalue weighted by molar-refractivity contribution is -0.274. The Morgan fingerprint density at radius 2 is 2.05 bits per heavy atom. The van der Waals surface area contributed by atoms with Crippen molar-refractivity contribution in [3.63, 3.8) is 0 Å². The molecular formula is C10H9BrF3NO4. The molecule has 5 nitrogen and oxygen atoms in total. The van der Waals surface area contributed by atoms with Gasteiger partial charge in [-0.25, -0.2) is 9.78 Å². The zero-order valence-corrected chi connectivity index (χ0v) is 11.5. The van der Waals surface area contributed by atoms with E-state index in [1.54, 1.807) is 0 Å². The number of carbonyl (C=O) groups is 1. The van der Waals surface area contributed by atoms with Crippen LogP contribution in [0, 0.1) is 0 Å².